The van der Waals surface area contributed by atoms with Gasteiger partial charge in [0.1, 0.15) is 0 Å². The van der Waals surface area contributed by atoms with Crippen LogP contribution in [-0.2, 0) is 6.54 Å². The number of hydrogen-bond acceptors (Lipinski definition) is 4. The third kappa shape index (κ3) is 3.88. The maximum absolute atomic E-state index is 10.1. The number of phenols is 1. The molecule has 0 saturated heterocycles. The molecule has 0 aliphatic heterocycles. The number of phenolic OH excluding ortho intramolecular Hbond substituents is 1. The Kier molecular flexibility index (Phi) is 5.44. The van der Waals surface area contributed by atoms with E-state index in [1.165, 1.54) is 7.11 Å². The number of benzene rings is 2. The minimum atomic E-state index is -0.212. The van der Waals surface area contributed by atoms with Gasteiger partial charge in [0.25, 0.3) is 0 Å². The summed E-state index contributed by atoms with van der Waals surface area (Å²) in [7, 11) is 1.48. The van der Waals surface area contributed by atoms with E-state index in [0.29, 0.717) is 22.9 Å². The van der Waals surface area contributed by atoms with Gasteiger partial charge in [-0.3, -0.25) is 0 Å². The van der Waals surface area contributed by atoms with Crippen molar-refractivity contribution in [1.82, 2.24) is 5.32 Å². The molecule has 21 heavy (non-hydrogen) atoms. The molecule has 0 bridgehead atoms. The fraction of sp³-hybridized carbons (Fsp3) is 0.250. The Morgan fingerprint density at radius 2 is 1.95 bits per heavy atom. The van der Waals surface area contributed by atoms with Gasteiger partial charge in [0.05, 0.1) is 19.8 Å². The van der Waals surface area contributed by atoms with E-state index in [1.54, 1.807) is 12.1 Å². The lowest BCUT2D eigenvalue weighted by atomic mass is 10.1. The predicted octanol–water partition coefficient (Wildman–Crippen LogP) is 2.88. The first-order valence-corrected chi connectivity index (χ1v) is 6.98. The van der Waals surface area contributed by atoms with Crippen molar-refractivity contribution in [2.24, 2.45) is 0 Å². The lowest BCUT2D eigenvalue weighted by Crippen LogP contribution is -2.24. The van der Waals surface area contributed by atoms with Crippen molar-refractivity contribution in [3.05, 3.63) is 58.6 Å². The zero-order chi connectivity index (χ0) is 15.2. The zero-order valence-corrected chi connectivity index (χ0v) is 12.5. The highest BCUT2D eigenvalue weighted by Crippen LogP contribution is 2.33. The van der Waals surface area contributed by atoms with Crippen molar-refractivity contribution < 1.29 is 14.9 Å². The van der Waals surface area contributed by atoms with Crippen LogP contribution < -0.4 is 10.1 Å². The van der Waals surface area contributed by atoms with E-state index >= 15 is 0 Å². The van der Waals surface area contributed by atoms with Crippen molar-refractivity contribution >= 4 is 11.6 Å². The highest BCUT2D eigenvalue weighted by atomic mass is 35.5. The Hall–Kier alpha value is -1.75. The molecule has 4 nitrogen and oxygen atoms in total. The normalized spacial score (nSPS) is 12.1. The molecule has 0 amide bonds. The fourth-order valence-electron chi connectivity index (χ4n) is 2.12. The summed E-state index contributed by atoms with van der Waals surface area (Å²) in [5.41, 5.74) is 1.60. The van der Waals surface area contributed by atoms with Crippen LogP contribution in [0, 0.1) is 0 Å². The first-order valence-electron chi connectivity index (χ1n) is 6.60. The number of methoxy groups -OCH3 is 1. The SMILES string of the molecule is COc1cc(Cl)cc(CNC(CO)c2ccccc2)c1O. The van der Waals surface area contributed by atoms with Gasteiger partial charge in [0.15, 0.2) is 11.5 Å². The summed E-state index contributed by atoms with van der Waals surface area (Å²) in [4.78, 5) is 0. The first kappa shape index (κ1) is 15.6. The maximum Gasteiger partial charge on any atom is 0.162 e. The summed E-state index contributed by atoms with van der Waals surface area (Å²) < 4.78 is 5.07. The summed E-state index contributed by atoms with van der Waals surface area (Å²) in [6.07, 6.45) is 0. The van der Waals surface area contributed by atoms with Crippen LogP contribution in [-0.4, -0.2) is 23.9 Å². The van der Waals surface area contributed by atoms with E-state index in [0.717, 1.165) is 5.56 Å². The second kappa shape index (κ2) is 7.31. The molecule has 5 heteroatoms. The molecule has 0 fully saturated rings. The van der Waals surface area contributed by atoms with Crippen LogP contribution in [0.4, 0.5) is 0 Å². The molecule has 0 radical (unpaired) electrons. The van der Waals surface area contributed by atoms with Crippen LogP contribution in [0.2, 0.25) is 5.02 Å². The molecule has 0 aromatic heterocycles. The van der Waals surface area contributed by atoms with Crippen molar-refractivity contribution in [1.29, 1.82) is 0 Å². The monoisotopic (exact) mass is 307 g/mol. The largest absolute Gasteiger partial charge is 0.504 e. The van der Waals surface area contributed by atoms with Gasteiger partial charge in [-0.25, -0.2) is 0 Å². The lowest BCUT2D eigenvalue weighted by molar-refractivity contribution is 0.243. The standard InChI is InChI=1S/C16H18ClNO3/c1-21-15-8-13(17)7-12(16(15)20)9-18-14(10-19)11-5-3-2-4-6-11/h2-8,14,18-20H,9-10H2,1H3. The number of aromatic hydroxyl groups is 1. The smallest absolute Gasteiger partial charge is 0.162 e. The van der Waals surface area contributed by atoms with Gasteiger partial charge < -0.3 is 20.3 Å². The molecule has 0 aliphatic rings. The van der Waals surface area contributed by atoms with Crippen LogP contribution in [0.5, 0.6) is 11.5 Å². The van der Waals surface area contributed by atoms with Crippen LogP contribution >= 0.6 is 11.6 Å². The zero-order valence-electron chi connectivity index (χ0n) is 11.7. The Morgan fingerprint density at radius 1 is 1.24 bits per heavy atom. The van der Waals surface area contributed by atoms with Crippen LogP contribution in [0.3, 0.4) is 0 Å². The van der Waals surface area contributed by atoms with Gasteiger partial charge in [0, 0.05) is 23.2 Å². The van der Waals surface area contributed by atoms with Gasteiger partial charge in [-0.15, -0.1) is 0 Å². The Balaban J connectivity index is 2.13. The number of halogens is 1. The van der Waals surface area contributed by atoms with Crippen LogP contribution in [0.25, 0.3) is 0 Å². The van der Waals surface area contributed by atoms with Gasteiger partial charge in [0.2, 0.25) is 0 Å². The minimum absolute atomic E-state index is 0.0392. The Labute approximate surface area is 129 Å². The molecular formula is C16H18ClNO3. The molecule has 2 rings (SSSR count). The molecule has 2 aromatic carbocycles. The number of aliphatic hydroxyl groups excluding tert-OH is 1. The van der Waals surface area contributed by atoms with Gasteiger partial charge in [-0.2, -0.15) is 0 Å². The summed E-state index contributed by atoms with van der Waals surface area (Å²) in [6, 6.07) is 12.6. The molecule has 1 atom stereocenters. The fourth-order valence-corrected chi connectivity index (χ4v) is 2.36. The number of aliphatic hydroxyl groups is 1. The molecular weight excluding hydrogens is 290 g/mol. The molecule has 0 spiro atoms. The van der Waals surface area contributed by atoms with Crippen molar-refractivity contribution in [2.45, 2.75) is 12.6 Å². The van der Waals surface area contributed by atoms with E-state index in [-0.39, 0.29) is 18.4 Å². The molecule has 0 aliphatic carbocycles. The highest BCUT2D eigenvalue weighted by Gasteiger charge is 2.13. The van der Waals surface area contributed by atoms with E-state index in [1.807, 2.05) is 30.3 Å². The third-order valence-electron chi connectivity index (χ3n) is 3.26. The average Bonchev–Trinajstić information content (AvgIpc) is 2.51. The van der Waals surface area contributed by atoms with Crippen LogP contribution in [0.15, 0.2) is 42.5 Å². The predicted molar refractivity (Wildman–Crippen MR) is 82.8 cm³/mol. The van der Waals surface area contributed by atoms with Crippen LogP contribution in [0.1, 0.15) is 17.2 Å². The Bertz CT molecular complexity index is 590. The molecule has 2 aromatic rings. The summed E-state index contributed by atoms with van der Waals surface area (Å²) in [5.74, 6) is 0.388. The maximum atomic E-state index is 10.1. The van der Waals surface area contributed by atoms with Gasteiger partial charge in [-0.1, -0.05) is 41.9 Å². The quantitative estimate of drug-likeness (QED) is 0.768. The van der Waals surface area contributed by atoms with E-state index in [4.69, 9.17) is 16.3 Å². The van der Waals surface area contributed by atoms with Gasteiger partial charge in [-0.05, 0) is 11.6 Å². The van der Waals surface area contributed by atoms with Crippen molar-refractivity contribution in [3.63, 3.8) is 0 Å². The first-order chi connectivity index (χ1) is 10.2. The number of ether oxygens (including phenoxy) is 1. The number of nitrogens with one attached hydrogen (secondary N) is 1. The van der Waals surface area contributed by atoms with E-state index in [9.17, 15) is 10.2 Å². The Morgan fingerprint density at radius 3 is 2.57 bits per heavy atom. The lowest BCUT2D eigenvalue weighted by Gasteiger charge is -2.18. The molecule has 1 unspecified atom stereocenters. The summed E-state index contributed by atoms with van der Waals surface area (Å²) >= 11 is 6.00. The number of rotatable bonds is 6. The topological polar surface area (TPSA) is 61.7 Å². The van der Waals surface area contributed by atoms with E-state index < -0.39 is 0 Å². The molecule has 0 saturated carbocycles. The molecule has 3 N–H and O–H groups in total. The average molecular weight is 308 g/mol. The minimum Gasteiger partial charge on any atom is -0.504 e. The number of hydrogen-bond donors (Lipinski definition) is 3. The second-order valence-corrected chi connectivity index (χ2v) is 5.08. The highest BCUT2D eigenvalue weighted by molar-refractivity contribution is 6.30. The van der Waals surface area contributed by atoms with Crippen molar-refractivity contribution in [3.8, 4) is 11.5 Å². The molecule has 0 heterocycles. The third-order valence-corrected chi connectivity index (χ3v) is 3.48. The van der Waals surface area contributed by atoms with Gasteiger partial charge >= 0.3 is 0 Å². The molecule has 112 valence electrons. The van der Waals surface area contributed by atoms with E-state index in [2.05, 4.69) is 5.32 Å². The second-order valence-electron chi connectivity index (χ2n) is 4.64. The summed E-state index contributed by atoms with van der Waals surface area (Å²) in [5, 5.41) is 23.3. The van der Waals surface area contributed by atoms with Crippen molar-refractivity contribution in [2.75, 3.05) is 13.7 Å². The summed E-state index contributed by atoms with van der Waals surface area (Å²) in [6.45, 7) is 0.325.